The standard InChI is InChI=1S/C14H11F5N2/c1-2-20-12-7-8(14(17,18)19)6-11(21-12)13-9(15)4-3-5-10(13)16/h3-7H,2H2,1H3,(H,20,21). The molecular formula is C14H11F5N2. The predicted molar refractivity (Wildman–Crippen MR) is 68.8 cm³/mol. The topological polar surface area (TPSA) is 24.9 Å². The highest BCUT2D eigenvalue weighted by Gasteiger charge is 2.32. The lowest BCUT2D eigenvalue weighted by atomic mass is 10.1. The first-order chi connectivity index (χ1) is 9.82. The van der Waals surface area contributed by atoms with E-state index in [9.17, 15) is 22.0 Å². The van der Waals surface area contributed by atoms with Crippen molar-refractivity contribution in [3.8, 4) is 11.3 Å². The van der Waals surface area contributed by atoms with Crippen LogP contribution in [0, 0.1) is 11.6 Å². The van der Waals surface area contributed by atoms with Gasteiger partial charge in [0.05, 0.1) is 16.8 Å². The third-order valence-electron chi connectivity index (χ3n) is 2.73. The van der Waals surface area contributed by atoms with E-state index in [1.165, 1.54) is 0 Å². The molecule has 0 atom stereocenters. The molecule has 0 unspecified atom stereocenters. The lowest BCUT2D eigenvalue weighted by Gasteiger charge is -2.13. The maximum absolute atomic E-state index is 13.7. The number of halogens is 5. The lowest BCUT2D eigenvalue weighted by Crippen LogP contribution is -2.09. The molecule has 0 saturated heterocycles. The van der Waals surface area contributed by atoms with Gasteiger partial charge < -0.3 is 5.32 Å². The largest absolute Gasteiger partial charge is 0.416 e. The van der Waals surface area contributed by atoms with Crippen LogP contribution in [0.2, 0.25) is 0 Å². The number of nitrogens with zero attached hydrogens (tertiary/aromatic N) is 1. The Labute approximate surface area is 117 Å². The molecule has 0 bridgehead atoms. The molecule has 0 aliphatic heterocycles. The summed E-state index contributed by atoms with van der Waals surface area (Å²) in [5, 5.41) is 2.61. The maximum Gasteiger partial charge on any atom is 0.416 e. The fraction of sp³-hybridized carbons (Fsp3) is 0.214. The van der Waals surface area contributed by atoms with Crippen LogP contribution in [0.15, 0.2) is 30.3 Å². The van der Waals surface area contributed by atoms with Crippen LogP contribution in [-0.2, 0) is 6.18 Å². The molecule has 0 aliphatic carbocycles. The van der Waals surface area contributed by atoms with E-state index in [-0.39, 0.29) is 5.82 Å². The maximum atomic E-state index is 13.7. The van der Waals surface area contributed by atoms with E-state index in [0.29, 0.717) is 12.6 Å². The first kappa shape index (κ1) is 15.2. The van der Waals surface area contributed by atoms with Gasteiger partial charge in [0.1, 0.15) is 17.5 Å². The van der Waals surface area contributed by atoms with Crippen LogP contribution in [0.4, 0.5) is 27.8 Å². The van der Waals surface area contributed by atoms with E-state index in [0.717, 1.165) is 24.3 Å². The number of alkyl halides is 3. The summed E-state index contributed by atoms with van der Waals surface area (Å²) in [5.41, 5.74) is -2.01. The first-order valence-electron chi connectivity index (χ1n) is 6.10. The van der Waals surface area contributed by atoms with Gasteiger partial charge in [-0.15, -0.1) is 0 Å². The Balaban J connectivity index is 2.65. The second-order valence-electron chi connectivity index (χ2n) is 4.25. The lowest BCUT2D eigenvalue weighted by molar-refractivity contribution is -0.137. The van der Waals surface area contributed by atoms with Gasteiger partial charge in [-0.25, -0.2) is 13.8 Å². The van der Waals surface area contributed by atoms with Crippen molar-refractivity contribution in [1.82, 2.24) is 4.98 Å². The molecule has 1 aromatic heterocycles. The molecular weight excluding hydrogens is 291 g/mol. The third kappa shape index (κ3) is 3.29. The minimum Gasteiger partial charge on any atom is -0.370 e. The van der Waals surface area contributed by atoms with Gasteiger partial charge in [-0.05, 0) is 31.2 Å². The van der Waals surface area contributed by atoms with Crippen LogP contribution in [0.1, 0.15) is 12.5 Å². The summed E-state index contributed by atoms with van der Waals surface area (Å²) in [4.78, 5) is 3.84. The molecule has 2 nitrogen and oxygen atoms in total. The summed E-state index contributed by atoms with van der Waals surface area (Å²) in [6, 6.07) is 4.49. The third-order valence-corrected chi connectivity index (χ3v) is 2.73. The molecule has 0 amide bonds. The number of pyridine rings is 1. The Kier molecular flexibility index (Phi) is 4.11. The van der Waals surface area contributed by atoms with Crippen molar-refractivity contribution in [3.05, 3.63) is 47.5 Å². The number of aromatic nitrogens is 1. The van der Waals surface area contributed by atoms with Gasteiger partial charge in [0.2, 0.25) is 0 Å². The molecule has 21 heavy (non-hydrogen) atoms. The molecule has 112 valence electrons. The molecule has 2 rings (SSSR count). The molecule has 1 aromatic carbocycles. The summed E-state index contributed by atoms with van der Waals surface area (Å²) >= 11 is 0. The van der Waals surface area contributed by atoms with E-state index in [2.05, 4.69) is 10.3 Å². The molecule has 0 spiro atoms. The van der Waals surface area contributed by atoms with Crippen molar-refractivity contribution in [2.24, 2.45) is 0 Å². The zero-order chi connectivity index (χ0) is 15.6. The van der Waals surface area contributed by atoms with Crippen molar-refractivity contribution in [2.75, 3.05) is 11.9 Å². The molecule has 0 saturated carbocycles. The van der Waals surface area contributed by atoms with Gasteiger partial charge in [0.15, 0.2) is 0 Å². The van der Waals surface area contributed by atoms with Crippen molar-refractivity contribution in [2.45, 2.75) is 13.1 Å². The Morgan fingerprint density at radius 1 is 1.10 bits per heavy atom. The summed E-state index contributed by atoms with van der Waals surface area (Å²) in [6.45, 7) is 2.00. The monoisotopic (exact) mass is 302 g/mol. The van der Waals surface area contributed by atoms with Gasteiger partial charge >= 0.3 is 6.18 Å². The highest BCUT2D eigenvalue weighted by atomic mass is 19.4. The fourth-order valence-corrected chi connectivity index (χ4v) is 1.84. The Hall–Kier alpha value is -2.18. The van der Waals surface area contributed by atoms with Crippen LogP contribution in [0.25, 0.3) is 11.3 Å². The van der Waals surface area contributed by atoms with E-state index < -0.39 is 34.6 Å². The van der Waals surface area contributed by atoms with Gasteiger partial charge in [0, 0.05) is 6.54 Å². The second-order valence-corrected chi connectivity index (χ2v) is 4.25. The minimum atomic E-state index is -4.64. The SMILES string of the molecule is CCNc1cc(C(F)(F)F)cc(-c2c(F)cccc2F)n1. The van der Waals surface area contributed by atoms with E-state index in [4.69, 9.17) is 0 Å². The Bertz CT molecular complexity index is 632. The van der Waals surface area contributed by atoms with Crippen molar-refractivity contribution >= 4 is 5.82 Å². The number of nitrogens with one attached hydrogen (secondary N) is 1. The normalized spacial score (nSPS) is 11.5. The number of hydrogen-bond acceptors (Lipinski definition) is 2. The molecule has 7 heteroatoms. The number of anilines is 1. The summed E-state index contributed by atoms with van der Waals surface area (Å²) in [5.74, 6) is -2.03. The van der Waals surface area contributed by atoms with Crippen molar-refractivity contribution in [1.29, 1.82) is 0 Å². The average Bonchev–Trinajstić information content (AvgIpc) is 2.37. The molecule has 2 aromatic rings. The minimum absolute atomic E-state index is 0.0926. The highest BCUT2D eigenvalue weighted by Crippen LogP contribution is 2.34. The Morgan fingerprint density at radius 2 is 1.71 bits per heavy atom. The molecule has 0 aliphatic rings. The van der Waals surface area contributed by atoms with Crippen LogP contribution >= 0.6 is 0 Å². The first-order valence-corrected chi connectivity index (χ1v) is 6.10. The summed E-state index contributed by atoms with van der Waals surface area (Å²) in [7, 11) is 0. The predicted octanol–water partition coefficient (Wildman–Crippen LogP) is 4.48. The quantitative estimate of drug-likeness (QED) is 0.846. The van der Waals surface area contributed by atoms with Gasteiger partial charge in [-0.3, -0.25) is 0 Å². The van der Waals surface area contributed by atoms with E-state index in [1.54, 1.807) is 6.92 Å². The van der Waals surface area contributed by atoms with Gasteiger partial charge in [-0.1, -0.05) is 6.07 Å². The summed E-state index contributed by atoms with van der Waals surface area (Å²) < 4.78 is 66.0. The molecule has 1 N–H and O–H groups in total. The highest BCUT2D eigenvalue weighted by molar-refractivity contribution is 5.64. The van der Waals surface area contributed by atoms with Crippen LogP contribution in [0.3, 0.4) is 0 Å². The van der Waals surface area contributed by atoms with E-state index in [1.807, 2.05) is 0 Å². The Morgan fingerprint density at radius 3 is 2.24 bits per heavy atom. The molecule has 0 radical (unpaired) electrons. The number of hydrogen-bond donors (Lipinski definition) is 1. The zero-order valence-corrected chi connectivity index (χ0v) is 10.9. The van der Waals surface area contributed by atoms with Gasteiger partial charge in [0.25, 0.3) is 0 Å². The van der Waals surface area contributed by atoms with Crippen molar-refractivity contribution in [3.63, 3.8) is 0 Å². The van der Waals surface area contributed by atoms with Gasteiger partial charge in [-0.2, -0.15) is 13.2 Å². The molecule has 1 heterocycles. The number of benzene rings is 1. The average molecular weight is 302 g/mol. The molecule has 0 fully saturated rings. The van der Waals surface area contributed by atoms with E-state index >= 15 is 0 Å². The fourth-order valence-electron chi connectivity index (χ4n) is 1.84. The number of rotatable bonds is 3. The second kappa shape index (κ2) is 5.67. The van der Waals surface area contributed by atoms with Crippen LogP contribution in [-0.4, -0.2) is 11.5 Å². The zero-order valence-electron chi connectivity index (χ0n) is 10.9. The smallest absolute Gasteiger partial charge is 0.370 e. The summed E-state index contributed by atoms with van der Waals surface area (Å²) in [6.07, 6.45) is -4.64. The van der Waals surface area contributed by atoms with Crippen LogP contribution in [0.5, 0.6) is 0 Å². The van der Waals surface area contributed by atoms with Crippen LogP contribution < -0.4 is 5.32 Å². The van der Waals surface area contributed by atoms with Crippen molar-refractivity contribution < 1.29 is 22.0 Å².